The summed E-state index contributed by atoms with van der Waals surface area (Å²) in [7, 11) is 0. The lowest BCUT2D eigenvalue weighted by Crippen LogP contribution is -2.39. The van der Waals surface area contributed by atoms with Crippen LogP contribution in [0.1, 0.15) is 61.3 Å². The van der Waals surface area contributed by atoms with E-state index in [1.807, 2.05) is 42.3 Å². The van der Waals surface area contributed by atoms with Gasteiger partial charge in [0.1, 0.15) is 5.75 Å². The number of nitrogens with one attached hydrogen (secondary N) is 1. The third-order valence-electron chi connectivity index (χ3n) is 5.81. The van der Waals surface area contributed by atoms with Gasteiger partial charge in [-0.25, -0.2) is 9.97 Å². The molecular formula is C23H30N4O2. The Morgan fingerprint density at radius 3 is 2.97 bits per heavy atom. The molecule has 154 valence electrons. The number of carbonyl (C=O) groups is 1. The minimum atomic E-state index is 0.0109. The highest BCUT2D eigenvalue weighted by molar-refractivity contribution is 5.77. The van der Waals surface area contributed by atoms with Crippen molar-refractivity contribution in [3.8, 4) is 5.75 Å². The summed E-state index contributed by atoms with van der Waals surface area (Å²) < 4.78 is 5.49. The molecule has 6 heteroatoms. The van der Waals surface area contributed by atoms with Crippen molar-refractivity contribution in [2.24, 2.45) is 0 Å². The van der Waals surface area contributed by atoms with Crippen LogP contribution in [-0.4, -0.2) is 40.5 Å². The number of aryl methyl sites for hydroxylation is 1. The molecule has 4 rings (SSSR count). The van der Waals surface area contributed by atoms with E-state index >= 15 is 0 Å². The van der Waals surface area contributed by atoms with Gasteiger partial charge in [-0.05, 0) is 50.3 Å². The first-order chi connectivity index (χ1) is 14.2. The average molecular weight is 395 g/mol. The van der Waals surface area contributed by atoms with E-state index in [4.69, 9.17) is 9.72 Å². The molecular weight excluding hydrogens is 364 g/mol. The molecule has 1 aromatic carbocycles. The first kappa shape index (κ1) is 19.8. The van der Waals surface area contributed by atoms with Gasteiger partial charge in [0.05, 0.1) is 12.6 Å². The lowest BCUT2D eigenvalue weighted by atomic mass is 9.99. The fourth-order valence-electron chi connectivity index (χ4n) is 4.22. The average Bonchev–Trinajstić information content (AvgIpc) is 2.78. The number of likely N-dealkylation sites (tertiary alicyclic amines) is 1. The Bertz CT molecular complexity index is 837. The smallest absolute Gasteiger partial charge is 0.223 e. The summed E-state index contributed by atoms with van der Waals surface area (Å²) in [4.78, 5) is 24.6. The number of fused-ring (bicyclic) bond motifs is 1. The topological polar surface area (TPSA) is 67.3 Å². The molecule has 3 heterocycles. The van der Waals surface area contributed by atoms with Crippen molar-refractivity contribution in [1.82, 2.24) is 20.2 Å². The Morgan fingerprint density at radius 1 is 1.28 bits per heavy atom. The maximum Gasteiger partial charge on any atom is 0.223 e. The van der Waals surface area contributed by atoms with Crippen LogP contribution in [0.4, 0.5) is 0 Å². The van der Waals surface area contributed by atoms with E-state index in [9.17, 15) is 4.79 Å². The zero-order valence-electron chi connectivity index (χ0n) is 17.2. The van der Waals surface area contributed by atoms with Gasteiger partial charge in [-0.2, -0.15) is 0 Å². The Hall–Kier alpha value is -2.47. The molecule has 2 aliphatic rings. The minimum Gasteiger partial charge on any atom is -0.494 e. The van der Waals surface area contributed by atoms with Crippen LogP contribution in [0.2, 0.25) is 0 Å². The maximum atomic E-state index is 13.0. The third kappa shape index (κ3) is 4.75. The van der Waals surface area contributed by atoms with Gasteiger partial charge >= 0.3 is 0 Å². The molecule has 0 bridgehead atoms. The number of rotatable bonds is 6. The van der Waals surface area contributed by atoms with Gasteiger partial charge < -0.3 is 15.0 Å². The van der Waals surface area contributed by atoms with Crippen LogP contribution in [0.25, 0.3) is 0 Å². The van der Waals surface area contributed by atoms with Crippen LogP contribution in [0.3, 0.4) is 0 Å². The Balaban J connectivity index is 1.42. The van der Waals surface area contributed by atoms with E-state index in [0.29, 0.717) is 13.0 Å². The summed E-state index contributed by atoms with van der Waals surface area (Å²) in [5, 5.41) is 3.36. The van der Waals surface area contributed by atoms with Crippen molar-refractivity contribution in [3.05, 3.63) is 53.1 Å². The van der Waals surface area contributed by atoms with Gasteiger partial charge in [-0.15, -0.1) is 0 Å². The summed E-state index contributed by atoms with van der Waals surface area (Å²) >= 11 is 0. The summed E-state index contributed by atoms with van der Waals surface area (Å²) in [5.74, 6) is 1.89. The highest BCUT2D eigenvalue weighted by Crippen LogP contribution is 2.30. The van der Waals surface area contributed by atoms with Crippen LogP contribution in [0.15, 0.2) is 30.5 Å². The molecule has 29 heavy (non-hydrogen) atoms. The minimum absolute atomic E-state index is 0.0109. The van der Waals surface area contributed by atoms with E-state index in [0.717, 1.165) is 74.6 Å². The first-order valence-corrected chi connectivity index (χ1v) is 10.8. The quantitative estimate of drug-likeness (QED) is 0.815. The zero-order valence-corrected chi connectivity index (χ0v) is 17.2. The van der Waals surface area contributed by atoms with Gasteiger partial charge in [-0.3, -0.25) is 4.79 Å². The number of hydrogen-bond donors (Lipinski definition) is 1. The summed E-state index contributed by atoms with van der Waals surface area (Å²) in [6.07, 6.45) is 7.26. The SMILES string of the molecule is CCOc1ccc(CCC(=O)N2CCCC[C@@H]2c2ncc3c(n2)CCNC3)cc1. The van der Waals surface area contributed by atoms with Crippen LogP contribution >= 0.6 is 0 Å². The number of carbonyl (C=O) groups excluding carboxylic acids is 1. The Morgan fingerprint density at radius 2 is 2.14 bits per heavy atom. The van der Waals surface area contributed by atoms with Crippen molar-refractivity contribution in [1.29, 1.82) is 0 Å². The van der Waals surface area contributed by atoms with E-state index in [-0.39, 0.29) is 11.9 Å². The van der Waals surface area contributed by atoms with Crippen LogP contribution < -0.4 is 10.1 Å². The van der Waals surface area contributed by atoms with Crippen molar-refractivity contribution < 1.29 is 9.53 Å². The van der Waals surface area contributed by atoms with Gasteiger partial charge in [0.25, 0.3) is 0 Å². The Labute approximate surface area is 172 Å². The van der Waals surface area contributed by atoms with Crippen molar-refractivity contribution in [2.75, 3.05) is 19.7 Å². The monoisotopic (exact) mass is 394 g/mol. The summed E-state index contributed by atoms with van der Waals surface area (Å²) in [6.45, 7) is 5.23. The van der Waals surface area contributed by atoms with E-state index in [1.165, 1.54) is 5.56 Å². The van der Waals surface area contributed by atoms with E-state index < -0.39 is 0 Å². The maximum absolute atomic E-state index is 13.0. The molecule has 0 unspecified atom stereocenters. The predicted molar refractivity (Wildman–Crippen MR) is 112 cm³/mol. The van der Waals surface area contributed by atoms with Crippen LogP contribution in [0.5, 0.6) is 5.75 Å². The fraction of sp³-hybridized carbons (Fsp3) is 0.522. The molecule has 1 saturated heterocycles. The van der Waals surface area contributed by atoms with Gasteiger partial charge in [-0.1, -0.05) is 12.1 Å². The number of ether oxygens (including phenoxy) is 1. The number of nitrogens with zero attached hydrogens (tertiary/aromatic N) is 3. The molecule has 6 nitrogen and oxygen atoms in total. The highest BCUT2D eigenvalue weighted by Gasteiger charge is 2.30. The van der Waals surface area contributed by atoms with Crippen molar-refractivity contribution in [3.63, 3.8) is 0 Å². The molecule has 1 amide bonds. The summed E-state index contributed by atoms with van der Waals surface area (Å²) in [6, 6.07) is 8.06. The molecule has 0 saturated carbocycles. The number of hydrogen-bond acceptors (Lipinski definition) is 5. The number of benzene rings is 1. The Kier molecular flexibility index (Phi) is 6.39. The first-order valence-electron chi connectivity index (χ1n) is 10.8. The van der Waals surface area contributed by atoms with Crippen molar-refractivity contribution >= 4 is 5.91 Å². The second kappa shape index (κ2) is 9.35. The lowest BCUT2D eigenvalue weighted by Gasteiger charge is -2.35. The standard InChI is InChI=1S/C23H30N4O2/c1-2-29-19-9-6-17(7-10-19)8-11-22(28)27-14-4-3-5-21(27)23-25-16-18-15-24-13-12-20(18)26-23/h6-7,9-10,16,21,24H,2-5,8,11-15H2,1H3/t21-/m1/s1. The molecule has 1 N–H and O–H groups in total. The van der Waals surface area contributed by atoms with Crippen LogP contribution in [-0.2, 0) is 24.2 Å². The van der Waals surface area contributed by atoms with Crippen LogP contribution in [0, 0.1) is 0 Å². The summed E-state index contributed by atoms with van der Waals surface area (Å²) in [5.41, 5.74) is 3.48. The van der Waals surface area contributed by atoms with Gasteiger partial charge in [0, 0.05) is 49.9 Å². The number of aromatic nitrogens is 2. The predicted octanol–water partition coefficient (Wildman–Crippen LogP) is 3.21. The highest BCUT2D eigenvalue weighted by atomic mass is 16.5. The third-order valence-corrected chi connectivity index (χ3v) is 5.81. The molecule has 1 atom stereocenters. The molecule has 0 aliphatic carbocycles. The largest absolute Gasteiger partial charge is 0.494 e. The number of piperidine rings is 1. The van der Waals surface area contributed by atoms with Gasteiger partial charge in [0.2, 0.25) is 5.91 Å². The molecule has 0 spiro atoms. The lowest BCUT2D eigenvalue weighted by molar-refractivity contribution is -0.135. The second-order valence-corrected chi connectivity index (χ2v) is 7.80. The number of amides is 1. The molecule has 2 aromatic rings. The van der Waals surface area contributed by atoms with E-state index in [1.54, 1.807) is 0 Å². The van der Waals surface area contributed by atoms with Crippen molar-refractivity contribution in [2.45, 2.75) is 58.0 Å². The molecule has 1 fully saturated rings. The van der Waals surface area contributed by atoms with Gasteiger partial charge in [0.15, 0.2) is 5.82 Å². The fourth-order valence-corrected chi connectivity index (χ4v) is 4.22. The zero-order chi connectivity index (χ0) is 20.1. The molecule has 2 aliphatic heterocycles. The molecule has 1 aromatic heterocycles. The normalized spacial score (nSPS) is 18.9. The molecule has 0 radical (unpaired) electrons. The van der Waals surface area contributed by atoms with E-state index in [2.05, 4.69) is 10.3 Å². The second-order valence-electron chi connectivity index (χ2n) is 7.80.